The van der Waals surface area contributed by atoms with Crippen LogP contribution in [-0.2, 0) is 4.74 Å². The van der Waals surface area contributed by atoms with Gasteiger partial charge in [-0.15, -0.1) is 0 Å². The molecule has 0 spiro atoms. The average molecular weight is 410 g/mol. The van der Waals surface area contributed by atoms with Crippen LogP contribution in [0.3, 0.4) is 0 Å². The highest BCUT2D eigenvalue weighted by Crippen LogP contribution is 2.26. The Balaban J connectivity index is 2.31. The second-order valence-corrected chi connectivity index (χ2v) is 5.83. The number of benzene rings is 2. The predicted molar refractivity (Wildman–Crippen MR) is 96.3 cm³/mol. The number of para-hydroxylation sites is 1. The van der Waals surface area contributed by atoms with Gasteiger partial charge in [-0.2, -0.15) is 0 Å². The molecular formula is C17H9Cl2NO7. The van der Waals surface area contributed by atoms with E-state index in [1.807, 2.05) is 0 Å². The molecule has 0 atom stereocenters. The smallest absolute Gasteiger partial charge is 0.437 e. The number of hydrogen-bond donors (Lipinski definition) is 0. The van der Waals surface area contributed by atoms with Gasteiger partial charge in [0.25, 0.3) is 10.8 Å². The highest BCUT2D eigenvalue weighted by atomic mass is 35.5. The number of nitrogens with zero attached hydrogens (tertiary/aromatic N) is 1. The highest BCUT2D eigenvalue weighted by Gasteiger charge is 2.20. The van der Waals surface area contributed by atoms with E-state index in [0.717, 1.165) is 7.11 Å². The summed E-state index contributed by atoms with van der Waals surface area (Å²) in [4.78, 5) is 48.0. The minimum atomic E-state index is -1.10. The maximum absolute atomic E-state index is 12.8. The largest absolute Gasteiger partial charge is 0.513 e. The van der Waals surface area contributed by atoms with Gasteiger partial charge in [-0.1, -0.05) is 23.7 Å². The summed E-state index contributed by atoms with van der Waals surface area (Å²) < 4.78 is 15.1. The Morgan fingerprint density at radius 1 is 1.11 bits per heavy atom. The molecule has 0 radical (unpaired) electrons. The molecule has 0 aliphatic heterocycles. The fourth-order valence-electron chi connectivity index (χ4n) is 2.39. The summed E-state index contributed by atoms with van der Waals surface area (Å²) >= 11 is 11.6. The molecule has 0 aliphatic rings. The third-order valence-corrected chi connectivity index (χ3v) is 4.18. The Morgan fingerprint density at radius 3 is 2.48 bits per heavy atom. The number of ether oxygens (including phenoxy) is 2. The van der Waals surface area contributed by atoms with E-state index in [1.165, 1.54) is 36.4 Å². The Labute approximate surface area is 160 Å². The third-order valence-electron chi connectivity index (χ3n) is 3.58. The predicted octanol–water partition coefficient (Wildman–Crippen LogP) is 3.12. The number of fused-ring (bicyclic) bond motifs is 1. The van der Waals surface area contributed by atoms with E-state index >= 15 is 0 Å². The van der Waals surface area contributed by atoms with Crippen molar-refractivity contribution >= 4 is 45.6 Å². The third kappa shape index (κ3) is 3.32. The fraction of sp³-hybridized carbons (Fsp3) is 0.0588. The monoisotopic (exact) mass is 409 g/mol. The van der Waals surface area contributed by atoms with Crippen molar-refractivity contribution in [3.8, 4) is 11.4 Å². The molecule has 3 aromatic rings. The highest BCUT2D eigenvalue weighted by molar-refractivity contribution is 6.68. The van der Waals surface area contributed by atoms with E-state index in [1.54, 1.807) is 0 Å². The second-order valence-electron chi connectivity index (χ2n) is 5.11. The molecule has 0 saturated carbocycles. The van der Waals surface area contributed by atoms with Gasteiger partial charge in [-0.05, 0) is 35.9 Å². The van der Waals surface area contributed by atoms with Gasteiger partial charge in [0.05, 0.1) is 28.8 Å². The van der Waals surface area contributed by atoms with Gasteiger partial charge in [-0.25, -0.2) is 14.2 Å². The number of rotatable bonds is 3. The molecule has 0 bridgehead atoms. The maximum atomic E-state index is 12.8. The molecule has 0 aliphatic carbocycles. The van der Waals surface area contributed by atoms with E-state index in [2.05, 4.69) is 4.74 Å². The van der Waals surface area contributed by atoms with Crippen LogP contribution in [0.1, 0.15) is 10.4 Å². The quantitative estimate of drug-likeness (QED) is 0.371. The first kappa shape index (κ1) is 18.7. The summed E-state index contributed by atoms with van der Waals surface area (Å²) in [5, 5.41) is -1.10. The van der Waals surface area contributed by atoms with E-state index in [9.17, 15) is 19.2 Å². The minimum Gasteiger partial charge on any atom is -0.437 e. The first-order valence-electron chi connectivity index (χ1n) is 7.28. The zero-order chi connectivity index (χ0) is 19.7. The SMILES string of the molecule is COC(=O)Oc1cccc2c(=O)n(-c3cccc(C(=O)Cl)c3Cl)c(=O)oc12. The van der Waals surface area contributed by atoms with E-state index in [0.29, 0.717) is 4.57 Å². The van der Waals surface area contributed by atoms with Gasteiger partial charge in [0, 0.05) is 0 Å². The van der Waals surface area contributed by atoms with Crippen molar-refractivity contribution in [2.75, 3.05) is 7.11 Å². The normalized spacial score (nSPS) is 10.6. The van der Waals surface area contributed by atoms with Crippen LogP contribution in [0.15, 0.2) is 50.4 Å². The lowest BCUT2D eigenvalue weighted by Crippen LogP contribution is -2.31. The van der Waals surface area contributed by atoms with Crippen LogP contribution in [0.4, 0.5) is 4.79 Å². The molecule has 8 nitrogen and oxygen atoms in total. The lowest BCUT2D eigenvalue weighted by atomic mass is 10.2. The molecular weight excluding hydrogens is 401 g/mol. The van der Waals surface area contributed by atoms with Crippen LogP contribution in [0, 0.1) is 0 Å². The van der Waals surface area contributed by atoms with E-state index in [4.69, 9.17) is 32.4 Å². The number of carbonyl (C=O) groups excluding carboxylic acids is 2. The van der Waals surface area contributed by atoms with Crippen LogP contribution in [0.5, 0.6) is 5.75 Å². The van der Waals surface area contributed by atoms with Gasteiger partial charge >= 0.3 is 11.9 Å². The first-order chi connectivity index (χ1) is 12.8. The fourth-order valence-corrected chi connectivity index (χ4v) is 2.89. The topological polar surface area (TPSA) is 105 Å². The van der Waals surface area contributed by atoms with Crippen molar-refractivity contribution in [1.82, 2.24) is 4.57 Å². The van der Waals surface area contributed by atoms with Crippen LogP contribution in [-0.4, -0.2) is 23.1 Å². The molecule has 0 amide bonds. The zero-order valence-corrected chi connectivity index (χ0v) is 15.0. The molecule has 0 unspecified atom stereocenters. The summed E-state index contributed by atoms with van der Waals surface area (Å²) in [6.45, 7) is 0. The maximum Gasteiger partial charge on any atom is 0.513 e. The van der Waals surface area contributed by atoms with Crippen LogP contribution in [0.25, 0.3) is 16.7 Å². The first-order valence-corrected chi connectivity index (χ1v) is 8.04. The zero-order valence-electron chi connectivity index (χ0n) is 13.5. The van der Waals surface area contributed by atoms with Gasteiger partial charge in [0.2, 0.25) is 0 Å². The molecule has 27 heavy (non-hydrogen) atoms. The van der Waals surface area contributed by atoms with Crippen molar-refractivity contribution < 1.29 is 23.5 Å². The Kier molecular flexibility index (Phi) is 5.02. The van der Waals surface area contributed by atoms with E-state index in [-0.39, 0.29) is 33.0 Å². The summed E-state index contributed by atoms with van der Waals surface area (Å²) in [5.74, 6) is -1.27. The number of hydrogen-bond acceptors (Lipinski definition) is 7. The standard InChI is InChI=1S/C17H9Cl2NO7/c1-25-17(24)26-11-7-3-5-9-13(11)27-16(23)20(15(9)22)10-6-2-4-8(12(10)18)14(19)21/h2-7H,1H3. The second kappa shape index (κ2) is 7.26. The lowest BCUT2D eigenvalue weighted by Gasteiger charge is -2.10. The van der Waals surface area contributed by atoms with Crippen molar-refractivity contribution in [2.45, 2.75) is 0 Å². The van der Waals surface area contributed by atoms with E-state index < -0.39 is 22.7 Å². The van der Waals surface area contributed by atoms with Crippen molar-refractivity contribution in [3.63, 3.8) is 0 Å². The molecule has 138 valence electrons. The number of carbonyl (C=O) groups is 2. The van der Waals surface area contributed by atoms with Crippen LogP contribution in [0.2, 0.25) is 5.02 Å². The van der Waals surface area contributed by atoms with Gasteiger partial charge < -0.3 is 13.9 Å². The molecule has 1 heterocycles. The van der Waals surface area contributed by atoms with Gasteiger partial charge in [-0.3, -0.25) is 9.59 Å². The molecule has 0 N–H and O–H groups in total. The van der Waals surface area contributed by atoms with Crippen molar-refractivity contribution in [1.29, 1.82) is 0 Å². The lowest BCUT2D eigenvalue weighted by molar-refractivity contribution is 0.108. The van der Waals surface area contributed by atoms with Gasteiger partial charge in [0.1, 0.15) is 0 Å². The number of halogens is 2. The summed E-state index contributed by atoms with van der Waals surface area (Å²) in [7, 11) is 1.10. The summed E-state index contributed by atoms with van der Waals surface area (Å²) in [5.41, 5.74) is -1.19. The Morgan fingerprint density at radius 2 is 1.81 bits per heavy atom. The average Bonchev–Trinajstić information content (AvgIpc) is 2.63. The number of aromatic nitrogens is 1. The molecule has 0 fully saturated rings. The van der Waals surface area contributed by atoms with Crippen LogP contribution >= 0.6 is 23.2 Å². The molecule has 3 rings (SSSR count). The Bertz CT molecular complexity index is 1200. The Hall–Kier alpha value is -3.10. The summed E-state index contributed by atoms with van der Waals surface area (Å²) in [6.07, 6.45) is -1.05. The number of methoxy groups -OCH3 is 1. The van der Waals surface area contributed by atoms with Crippen LogP contribution < -0.4 is 16.1 Å². The van der Waals surface area contributed by atoms with Crippen molar-refractivity contribution in [3.05, 3.63) is 67.9 Å². The molecule has 0 saturated heterocycles. The molecule has 1 aromatic heterocycles. The minimum absolute atomic E-state index is 0.0605. The molecule has 10 heteroatoms. The molecule has 2 aromatic carbocycles. The summed E-state index contributed by atoms with van der Waals surface area (Å²) in [6, 6.07) is 8.22. The van der Waals surface area contributed by atoms with Gasteiger partial charge in [0.15, 0.2) is 11.3 Å². The van der Waals surface area contributed by atoms with Crippen molar-refractivity contribution in [2.24, 2.45) is 0 Å².